The van der Waals surface area contributed by atoms with E-state index >= 15 is 0 Å². The molecule has 1 aromatic heterocycles. The quantitative estimate of drug-likeness (QED) is 0.650. The van der Waals surface area contributed by atoms with Crippen molar-refractivity contribution in [2.45, 2.75) is 51.6 Å². The Morgan fingerprint density at radius 3 is 2.69 bits per heavy atom. The van der Waals surface area contributed by atoms with Crippen molar-refractivity contribution in [3.63, 3.8) is 0 Å². The number of carbonyl (C=O) groups is 1. The zero-order valence-corrected chi connectivity index (χ0v) is 18.6. The van der Waals surface area contributed by atoms with E-state index in [0.29, 0.717) is 12.4 Å². The highest BCUT2D eigenvalue weighted by atomic mass is 16.2. The van der Waals surface area contributed by atoms with Crippen LogP contribution in [-0.2, 0) is 30.6 Å². The van der Waals surface area contributed by atoms with E-state index in [1.165, 1.54) is 47.2 Å². The maximum atomic E-state index is 12.6. The highest BCUT2D eigenvalue weighted by molar-refractivity contribution is 5.78. The first-order valence-corrected chi connectivity index (χ1v) is 11.6. The Morgan fingerprint density at radius 2 is 1.94 bits per heavy atom. The minimum absolute atomic E-state index is 0.0417. The Morgan fingerprint density at radius 1 is 1.09 bits per heavy atom. The number of aromatic nitrogens is 4. The van der Waals surface area contributed by atoms with Crippen LogP contribution in [0.3, 0.4) is 0 Å². The van der Waals surface area contributed by atoms with Gasteiger partial charge in [0, 0.05) is 25.7 Å². The van der Waals surface area contributed by atoms with Crippen molar-refractivity contribution in [2.75, 3.05) is 19.6 Å². The van der Waals surface area contributed by atoms with E-state index in [2.05, 4.69) is 74.9 Å². The fourth-order valence-corrected chi connectivity index (χ4v) is 4.91. The molecular weight excluding hydrogens is 400 g/mol. The summed E-state index contributed by atoms with van der Waals surface area (Å²) in [7, 11) is 0. The second-order valence-electron chi connectivity index (χ2n) is 9.03. The third-order valence-electron chi connectivity index (χ3n) is 6.94. The molecule has 2 aliphatic heterocycles. The number of carbonyl (C=O) groups excluding carboxylic acids is 1. The summed E-state index contributed by atoms with van der Waals surface area (Å²) in [5.41, 5.74) is 6.45. The van der Waals surface area contributed by atoms with Gasteiger partial charge >= 0.3 is 0 Å². The number of fused-ring (bicyclic) bond motifs is 1. The van der Waals surface area contributed by atoms with Crippen LogP contribution < -0.4 is 0 Å². The number of H-pyrrole nitrogens is 1. The summed E-state index contributed by atoms with van der Waals surface area (Å²) in [6, 6.07) is 16.4. The molecule has 0 spiro atoms. The van der Waals surface area contributed by atoms with Crippen molar-refractivity contribution >= 4 is 5.91 Å². The van der Waals surface area contributed by atoms with Crippen LogP contribution >= 0.6 is 0 Å². The molecule has 2 aromatic carbocycles. The Hall–Kier alpha value is -3.06. The number of likely N-dealkylation sites (tertiary alicyclic amines) is 1. The molecule has 0 unspecified atom stereocenters. The monoisotopic (exact) mass is 430 g/mol. The number of tetrazole rings is 1. The average molecular weight is 431 g/mol. The summed E-state index contributed by atoms with van der Waals surface area (Å²) in [5.74, 6) is 0.481. The predicted molar refractivity (Wildman–Crippen MR) is 123 cm³/mol. The molecule has 3 heterocycles. The van der Waals surface area contributed by atoms with Crippen molar-refractivity contribution in [1.82, 2.24) is 30.4 Å². The second kappa shape index (κ2) is 9.20. The predicted octanol–water partition coefficient (Wildman–Crippen LogP) is 3.02. The molecule has 2 aliphatic rings. The summed E-state index contributed by atoms with van der Waals surface area (Å²) in [5, 5.41) is 13.7. The summed E-state index contributed by atoms with van der Waals surface area (Å²) in [6.07, 6.45) is 4.84. The lowest BCUT2D eigenvalue weighted by atomic mass is 9.94. The molecule has 166 valence electrons. The van der Waals surface area contributed by atoms with Crippen LogP contribution in [-0.4, -0.2) is 62.0 Å². The number of nitrogens with one attached hydrogen (secondary N) is 1. The molecule has 0 bridgehead atoms. The zero-order valence-electron chi connectivity index (χ0n) is 18.6. The minimum atomic E-state index is 0.0417. The maximum Gasteiger partial charge on any atom is 0.230 e. The van der Waals surface area contributed by atoms with Gasteiger partial charge in [-0.3, -0.25) is 4.79 Å². The van der Waals surface area contributed by atoms with Crippen LogP contribution in [0.25, 0.3) is 11.1 Å². The van der Waals surface area contributed by atoms with Crippen LogP contribution in [0.15, 0.2) is 42.5 Å². The Bertz CT molecular complexity index is 1060. The third kappa shape index (κ3) is 4.58. The first kappa shape index (κ1) is 20.8. The van der Waals surface area contributed by atoms with E-state index in [-0.39, 0.29) is 12.3 Å². The fourth-order valence-electron chi connectivity index (χ4n) is 4.91. The topological polar surface area (TPSA) is 78.0 Å². The van der Waals surface area contributed by atoms with Gasteiger partial charge in [-0.05, 0) is 67.0 Å². The van der Waals surface area contributed by atoms with Crippen LogP contribution in [0.2, 0.25) is 0 Å². The highest BCUT2D eigenvalue weighted by Crippen LogP contribution is 2.27. The number of hydrogen-bond acceptors (Lipinski definition) is 5. The van der Waals surface area contributed by atoms with Crippen LogP contribution in [0.4, 0.5) is 0 Å². The van der Waals surface area contributed by atoms with Gasteiger partial charge in [0.05, 0.1) is 6.42 Å². The highest BCUT2D eigenvalue weighted by Gasteiger charge is 2.22. The number of amides is 1. The smallest absolute Gasteiger partial charge is 0.230 e. The van der Waals surface area contributed by atoms with E-state index in [1.54, 1.807) is 0 Å². The summed E-state index contributed by atoms with van der Waals surface area (Å²) < 4.78 is 0. The van der Waals surface area contributed by atoms with Gasteiger partial charge in [0.2, 0.25) is 5.91 Å². The molecular formula is C25H30N6O. The molecule has 1 N–H and O–H groups in total. The molecule has 1 atom stereocenters. The normalized spacial score (nSPS) is 18.7. The van der Waals surface area contributed by atoms with E-state index in [4.69, 9.17) is 0 Å². The number of aromatic amines is 1. The standard InChI is InChI=1S/C25H30N6O/c1-18-3-2-12-30(18)13-10-19-4-6-20(7-5-19)21-8-9-23-17-31(14-11-22(23)15-21)25(32)16-24-26-28-29-27-24/h4-9,15,18H,2-3,10-14,16-17H2,1H3,(H,26,27,28,29)/t18-/m1/s1. The summed E-state index contributed by atoms with van der Waals surface area (Å²) in [6.45, 7) is 6.10. The van der Waals surface area contributed by atoms with Gasteiger partial charge in [0.15, 0.2) is 5.82 Å². The van der Waals surface area contributed by atoms with Crippen molar-refractivity contribution in [1.29, 1.82) is 0 Å². The van der Waals surface area contributed by atoms with E-state index < -0.39 is 0 Å². The average Bonchev–Trinajstić information content (AvgIpc) is 3.49. The van der Waals surface area contributed by atoms with Gasteiger partial charge in [0.25, 0.3) is 0 Å². The molecule has 3 aromatic rings. The van der Waals surface area contributed by atoms with Crippen LogP contribution in [0.1, 0.15) is 42.3 Å². The van der Waals surface area contributed by atoms with Gasteiger partial charge < -0.3 is 9.80 Å². The van der Waals surface area contributed by atoms with Gasteiger partial charge in [-0.1, -0.05) is 47.7 Å². The molecule has 0 radical (unpaired) electrons. The Labute approximate surface area is 188 Å². The van der Waals surface area contributed by atoms with Crippen molar-refractivity contribution in [2.24, 2.45) is 0 Å². The van der Waals surface area contributed by atoms with E-state index in [1.807, 2.05) is 4.90 Å². The lowest BCUT2D eigenvalue weighted by Crippen LogP contribution is -2.37. The molecule has 0 aliphatic carbocycles. The SMILES string of the molecule is C[C@@H]1CCCN1CCc1ccc(-c2ccc3c(c2)CCN(C(=O)Cc2nn[nH]n2)C3)cc1. The third-order valence-corrected chi connectivity index (χ3v) is 6.94. The number of benzene rings is 2. The molecule has 1 saturated heterocycles. The summed E-state index contributed by atoms with van der Waals surface area (Å²) >= 11 is 0. The number of hydrogen-bond donors (Lipinski definition) is 1. The lowest BCUT2D eigenvalue weighted by Gasteiger charge is -2.29. The fraction of sp³-hybridized carbons (Fsp3) is 0.440. The van der Waals surface area contributed by atoms with Crippen LogP contribution in [0.5, 0.6) is 0 Å². The largest absolute Gasteiger partial charge is 0.338 e. The molecule has 32 heavy (non-hydrogen) atoms. The van der Waals surface area contributed by atoms with E-state index in [0.717, 1.165) is 32.0 Å². The molecule has 1 fully saturated rings. The second-order valence-corrected chi connectivity index (χ2v) is 9.03. The van der Waals surface area contributed by atoms with Gasteiger partial charge in [-0.25, -0.2) is 0 Å². The van der Waals surface area contributed by atoms with Crippen LogP contribution in [0, 0.1) is 0 Å². The number of nitrogens with zero attached hydrogens (tertiary/aromatic N) is 5. The molecule has 0 saturated carbocycles. The molecule has 7 nitrogen and oxygen atoms in total. The first-order chi connectivity index (χ1) is 15.7. The lowest BCUT2D eigenvalue weighted by molar-refractivity contribution is -0.131. The Balaban J connectivity index is 1.21. The number of rotatable bonds is 6. The summed E-state index contributed by atoms with van der Waals surface area (Å²) in [4.78, 5) is 17.0. The van der Waals surface area contributed by atoms with Crippen molar-refractivity contribution < 1.29 is 4.79 Å². The molecule has 5 rings (SSSR count). The first-order valence-electron chi connectivity index (χ1n) is 11.6. The molecule has 1 amide bonds. The minimum Gasteiger partial charge on any atom is -0.338 e. The van der Waals surface area contributed by atoms with Crippen molar-refractivity contribution in [3.05, 3.63) is 65.0 Å². The maximum absolute atomic E-state index is 12.6. The molecule has 7 heteroatoms. The van der Waals surface area contributed by atoms with Crippen molar-refractivity contribution in [3.8, 4) is 11.1 Å². The van der Waals surface area contributed by atoms with E-state index in [9.17, 15) is 4.79 Å². The van der Waals surface area contributed by atoms with Gasteiger partial charge in [0.1, 0.15) is 0 Å². The zero-order chi connectivity index (χ0) is 21.9. The van der Waals surface area contributed by atoms with Gasteiger partial charge in [-0.15, -0.1) is 10.2 Å². The van der Waals surface area contributed by atoms with Gasteiger partial charge in [-0.2, -0.15) is 5.21 Å². The Kier molecular flexibility index (Phi) is 5.99.